The Morgan fingerprint density at radius 1 is 1.37 bits per heavy atom. The van der Waals surface area contributed by atoms with E-state index in [2.05, 4.69) is 15.5 Å². The molecule has 0 fully saturated rings. The van der Waals surface area contributed by atoms with Gasteiger partial charge in [-0.3, -0.25) is 14.7 Å². The molecule has 19 heavy (non-hydrogen) atoms. The van der Waals surface area contributed by atoms with Gasteiger partial charge in [-0.05, 0) is 6.07 Å². The number of para-hydroxylation sites is 1. The van der Waals surface area contributed by atoms with Gasteiger partial charge in [0.1, 0.15) is 0 Å². The number of carbonyl (C=O) groups excluding carboxylic acids is 2. The fraction of sp³-hybridized carbons (Fsp3) is 0.308. The van der Waals surface area contributed by atoms with Crippen molar-refractivity contribution in [3.8, 4) is 0 Å². The van der Waals surface area contributed by atoms with E-state index in [0.717, 1.165) is 5.39 Å². The standard InChI is InChI=1S/C13H16N4O2/c1-17(2)11(18)6-7-14-13(19)10-5-3-4-9-8-15-16-12(9)10/h3-5,8H,6-7H2,1-2H3,(H,14,19)(H,15,16). The molecule has 2 N–H and O–H groups in total. The molecule has 100 valence electrons. The maximum absolute atomic E-state index is 12.0. The van der Waals surface area contributed by atoms with E-state index in [4.69, 9.17) is 0 Å². The minimum absolute atomic E-state index is 0.0138. The number of amides is 2. The Labute approximate surface area is 110 Å². The molecule has 0 bridgehead atoms. The maximum atomic E-state index is 12.0. The van der Waals surface area contributed by atoms with Crippen LogP contribution < -0.4 is 5.32 Å². The number of rotatable bonds is 4. The van der Waals surface area contributed by atoms with Crippen LogP contribution in [0, 0.1) is 0 Å². The lowest BCUT2D eigenvalue weighted by atomic mass is 10.1. The van der Waals surface area contributed by atoms with Crippen LogP contribution in [0.3, 0.4) is 0 Å². The number of hydrogen-bond acceptors (Lipinski definition) is 3. The Morgan fingerprint density at radius 2 is 2.16 bits per heavy atom. The molecule has 1 aromatic carbocycles. The Hall–Kier alpha value is -2.37. The van der Waals surface area contributed by atoms with Crippen LogP contribution in [0.2, 0.25) is 0 Å². The second kappa shape index (κ2) is 5.51. The van der Waals surface area contributed by atoms with E-state index in [1.807, 2.05) is 6.07 Å². The SMILES string of the molecule is CN(C)C(=O)CCNC(=O)c1cccc2cn[nH]c12. The second-order valence-electron chi connectivity index (χ2n) is 4.43. The van der Waals surface area contributed by atoms with Crippen molar-refractivity contribution in [1.29, 1.82) is 0 Å². The first-order valence-electron chi connectivity index (χ1n) is 6.00. The van der Waals surface area contributed by atoms with E-state index in [0.29, 0.717) is 17.6 Å². The summed E-state index contributed by atoms with van der Waals surface area (Å²) in [5, 5.41) is 10.3. The monoisotopic (exact) mass is 260 g/mol. The molecule has 2 rings (SSSR count). The zero-order chi connectivity index (χ0) is 13.8. The molecule has 2 aromatic rings. The second-order valence-corrected chi connectivity index (χ2v) is 4.43. The van der Waals surface area contributed by atoms with Crippen LogP contribution in [0.1, 0.15) is 16.8 Å². The minimum atomic E-state index is -0.207. The summed E-state index contributed by atoms with van der Waals surface area (Å²) in [6.07, 6.45) is 1.96. The number of carbonyl (C=O) groups is 2. The van der Waals surface area contributed by atoms with E-state index < -0.39 is 0 Å². The van der Waals surface area contributed by atoms with Gasteiger partial charge in [0.15, 0.2) is 0 Å². The summed E-state index contributed by atoms with van der Waals surface area (Å²) in [6.45, 7) is 0.320. The molecule has 1 heterocycles. The highest BCUT2D eigenvalue weighted by molar-refractivity contribution is 6.05. The van der Waals surface area contributed by atoms with Crippen molar-refractivity contribution in [2.24, 2.45) is 0 Å². The van der Waals surface area contributed by atoms with Crippen molar-refractivity contribution in [3.05, 3.63) is 30.0 Å². The summed E-state index contributed by atoms with van der Waals surface area (Å²) in [5.74, 6) is -0.221. The van der Waals surface area contributed by atoms with Crippen LogP contribution in [0.15, 0.2) is 24.4 Å². The molecule has 0 saturated carbocycles. The minimum Gasteiger partial charge on any atom is -0.351 e. The summed E-state index contributed by atoms with van der Waals surface area (Å²) in [4.78, 5) is 24.9. The van der Waals surface area contributed by atoms with Crippen LogP contribution in [-0.4, -0.2) is 47.6 Å². The van der Waals surface area contributed by atoms with Crippen LogP contribution in [0.5, 0.6) is 0 Å². The molecule has 1 aromatic heterocycles. The van der Waals surface area contributed by atoms with Gasteiger partial charge in [0.05, 0.1) is 17.3 Å². The first-order chi connectivity index (χ1) is 9.09. The fourth-order valence-electron chi connectivity index (χ4n) is 1.76. The van der Waals surface area contributed by atoms with Crippen LogP contribution in [0.4, 0.5) is 0 Å². The lowest BCUT2D eigenvalue weighted by Crippen LogP contribution is -2.30. The van der Waals surface area contributed by atoms with Crippen molar-refractivity contribution in [2.75, 3.05) is 20.6 Å². The molecule has 2 amide bonds. The third kappa shape index (κ3) is 2.90. The predicted molar refractivity (Wildman–Crippen MR) is 71.7 cm³/mol. The summed E-state index contributed by atoms with van der Waals surface area (Å²) in [5.41, 5.74) is 1.24. The third-order valence-corrected chi connectivity index (χ3v) is 2.84. The fourth-order valence-corrected chi connectivity index (χ4v) is 1.76. The van der Waals surface area contributed by atoms with E-state index in [1.54, 1.807) is 32.4 Å². The van der Waals surface area contributed by atoms with Gasteiger partial charge in [-0.2, -0.15) is 5.10 Å². The van der Waals surface area contributed by atoms with Crippen LogP contribution >= 0.6 is 0 Å². The van der Waals surface area contributed by atoms with Crippen molar-refractivity contribution in [1.82, 2.24) is 20.4 Å². The average molecular weight is 260 g/mol. The maximum Gasteiger partial charge on any atom is 0.253 e. The number of aromatic amines is 1. The number of nitrogens with one attached hydrogen (secondary N) is 2. The summed E-state index contributed by atoms with van der Waals surface area (Å²) >= 11 is 0. The number of fused-ring (bicyclic) bond motifs is 1. The van der Waals surface area contributed by atoms with Gasteiger partial charge >= 0.3 is 0 Å². The lowest BCUT2D eigenvalue weighted by Gasteiger charge is -2.10. The zero-order valence-corrected chi connectivity index (χ0v) is 10.9. The summed E-state index contributed by atoms with van der Waals surface area (Å²) < 4.78 is 0. The number of benzene rings is 1. The third-order valence-electron chi connectivity index (χ3n) is 2.84. The molecule has 0 spiro atoms. The first-order valence-corrected chi connectivity index (χ1v) is 6.00. The van der Waals surface area contributed by atoms with E-state index >= 15 is 0 Å². The van der Waals surface area contributed by atoms with Crippen molar-refractivity contribution >= 4 is 22.7 Å². The van der Waals surface area contributed by atoms with Gasteiger partial charge in [-0.15, -0.1) is 0 Å². The van der Waals surface area contributed by atoms with Gasteiger partial charge in [0.25, 0.3) is 5.91 Å². The average Bonchev–Trinajstić information content (AvgIpc) is 2.86. The highest BCUT2D eigenvalue weighted by Gasteiger charge is 2.11. The normalized spacial score (nSPS) is 10.4. The topological polar surface area (TPSA) is 78.1 Å². The zero-order valence-electron chi connectivity index (χ0n) is 10.9. The predicted octanol–water partition coefficient (Wildman–Crippen LogP) is 0.771. The Balaban J connectivity index is 2.01. The van der Waals surface area contributed by atoms with Crippen LogP contribution in [-0.2, 0) is 4.79 Å². The molecule has 0 aliphatic rings. The van der Waals surface area contributed by atoms with Gasteiger partial charge in [0.2, 0.25) is 5.91 Å². The number of nitrogens with zero attached hydrogens (tertiary/aromatic N) is 2. The molecule has 0 aliphatic carbocycles. The molecular formula is C13H16N4O2. The number of hydrogen-bond donors (Lipinski definition) is 2. The van der Waals surface area contributed by atoms with Gasteiger partial charge in [0, 0.05) is 32.4 Å². The number of aromatic nitrogens is 2. The first kappa shape index (κ1) is 13.1. The highest BCUT2D eigenvalue weighted by Crippen LogP contribution is 2.15. The van der Waals surface area contributed by atoms with Gasteiger partial charge in [-0.1, -0.05) is 12.1 Å². The molecule has 0 radical (unpaired) electrons. The van der Waals surface area contributed by atoms with Crippen molar-refractivity contribution < 1.29 is 9.59 Å². The summed E-state index contributed by atoms with van der Waals surface area (Å²) in [6, 6.07) is 5.41. The Morgan fingerprint density at radius 3 is 2.89 bits per heavy atom. The molecule has 0 atom stereocenters. The number of H-pyrrole nitrogens is 1. The molecule has 0 unspecified atom stereocenters. The summed E-state index contributed by atoms with van der Waals surface area (Å²) in [7, 11) is 3.38. The smallest absolute Gasteiger partial charge is 0.253 e. The molecule has 6 heteroatoms. The van der Waals surface area contributed by atoms with Gasteiger partial charge < -0.3 is 10.2 Å². The van der Waals surface area contributed by atoms with Crippen molar-refractivity contribution in [3.63, 3.8) is 0 Å². The Bertz CT molecular complexity index is 603. The largest absolute Gasteiger partial charge is 0.351 e. The molecule has 6 nitrogen and oxygen atoms in total. The quantitative estimate of drug-likeness (QED) is 0.852. The highest BCUT2D eigenvalue weighted by atomic mass is 16.2. The van der Waals surface area contributed by atoms with E-state index in [-0.39, 0.29) is 18.2 Å². The lowest BCUT2D eigenvalue weighted by molar-refractivity contribution is -0.128. The Kier molecular flexibility index (Phi) is 3.79. The van der Waals surface area contributed by atoms with Gasteiger partial charge in [-0.25, -0.2) is 0 Å². The van der Waals surface area contributed by atoms with E-state index in [9.17, 15) is 9.59 Å². The van der Waals surface area contributed by atoms with Crippen molar-refractivity contribution in [2.45, 2.75) is 6.42 Å². The molecule has 0 aliphatic heterocycles. The van der Waals surface area contributed by atoms with E-state index in [1.165, 1.54) is 4.90 Å². The molecule has 0 saturated heterocycles. The molecular weight excluding hydrogens is 244 g/mol. The van der Waals surface area contributed by atoms with Crippen LogP contribution in [0.25, 0.3) is 10.9 Å².